The average molecular weight is 410 g/mol. The zero-order valence-electron chi connectivity index (χ0n) is 16.7. The van der Waals surface area contributed by atoms with Crippen LogP contribution in [0, 0.1) is 0 Å². The van der Waals surface area contributed by atoms with Crippen LogP contribution in [0.4, 0.5) is 4.79 Å². The Bertz CT molecular complexity index is 721. The molecule has 4 amide bonds. The normalized spacial score (nSPS) is 11.7. The summed E-state index contributed by atoms with van der Waals surface area (Å²) in [5, 5.41) is 7.40. The van der Waals surface area contributed by atoms with Crippen LogP contribution in [0.3, 0.4) is 0 Å². The summed E-state index contributed by atoms with van der Waals surface area (Å²) in [4.78, 5) is 48.4. The van der Waals surface area contributed by atoms with E-state index in [9.17, 15) is 19.2 Å². The standard InChI is InChI=1S/C19H27N3O5S/c1-11(2)20-16(23)10-28-15-9-7-6-8-14(15)18(25)27-13(5)17(24)22-19(26)21-12(3)4/h6-9,11-13H,10H2,1-5H3,(H,20,23)(H2,21,22,24,26)/t13-/m0/s1. The lowest BCUT2D eigenvalue weighted by molar-refractivity contribution is -0.128. The van der Waals surface area contributed by atoms with Gasteiger partial charge in [-0.2, -0.15) is 0 Å². The number of rotatable bonds is 8. The Kier molecular flexibility index (Phi) is 9.50. The molecule has 8 nitrogen and oxygen atoms in total. The maximum absolute atomic E-state index is 12.4. The Morgan fingerprint density at radius 3 is 2.18 bits per heavy atom. The molecule has 0 saturated carbocycles. The SMILES string of the molecule is CC(C)NC(=O)CSc1ccccc1C(=O)O[C@@H](C)C(=O)NC(=O)NC(C)C. The second-order valence-electron chi connectivity index (χ2n) is 6.67. The van der Waals surface area contributed by atoms with E-state index >= 15 is 0 Å². The molecule has 0 radical (unpaired) electrons. The number of benzene rings is 1. The molecular formula is C19H27N3O5S. The largest absolute Gasteiger partial charge is 0.449 e. The van der Waals surface area contributed by atoms with E-state index in [1.165, 1.54) is 18.7 Å². The second kappa shape index (κ2) is 11.3. The van der Waals surface area contributed by atoms with Crippen molar-refractivity contribution in [2.45, 2.75) is 57.7 Å². The van der Waals surface area contributed by atoms with Gasteiger partial charge in [0.05, 0.1) is 11.3 Å². The minimum absolute atomic E-state index is 0.0283. The van der Waals surface area contributed by atoms with Gasteiger partial charge >= 0.3 is 12.0 Å². The first kappa shape index (κ1) is 23.5. The molecule has 0 unspecified atom stereocenters. The fraction of sp³-hybridized carbons (Fsp3) is 0.474. The summed E-state index contributed by atoms with van der Waals surface area (Å²) >= 11 is 1.20. The fourth-order valence-electron chi connectivity index (χ4n) is 2.06. The van der Waals surface area contributed by atoms with Gasteiger partial charge in [0.15, 0.2) is 6.10 Å². The van der Waals surface area contributed by atoms with Gasteiger partial charge in [-0.05, 0) is 46.8 Å². The summed E-state index contributed by atoms with van der Waals surface area (Å²) < 4.78 is 5.17. The van der Waals surface area contributed by atoms with E-state index in [2.05, 4.69) is 16.0 Å². The van der Waals surface area contributed by atoms with Gasteiger partial charge in [0.25, 0.3) is 5.91 Å². The first-order valence-corrected chi connectivity index (χ1v) is 9.92. The highest BCUT2D eigenvalue weighted by atomic mass is 32.2. The van der Waals surface area contributed by atoms with Crippen molar-refractivity contribution in [3.05, 3.63) is 29.8 Å². The molecule has 3 N–H and O–H groups in total. The molecule has 0 aliphatic carbocycles. The Labute approximate surface area is 169 Å². The highest BCUT2D eigenvalue weighted by molar-refractivity contribution is 8.00. The predicted octanol–water partition coefficient (Wildman–Crippen LogP) is 2.08. The van der Waals surface area contributed by atoms with E-state index in [0.29, 0.717) is 4.90 Å². The van der Waals surface area contributed by atoms with Crippen molar-refractivity contribution in [3.63, 3.8) is 0 Å². The molecular weight excluding hydrogens is 382 g/mol. The Balaban J connectivity index is 2.70. The van der Waals surface area contributed by atoms with Crippen LogP contribution in [0.25, 0.3) is 0 Å². The van der Waals surface area contributed by atoms with Gasteiger partial charge in [-0.25, -0.2) is 9.59 Å². The third-order valence-corrected chi connectivity index (χ3v) is 4.30. The molecule has 0 bridgehead atoms. The first-order valence-electron chi connectivity index (χ1n) is 8.93. The predicted molar refractivity (Wildman–Crippen MR) is 107 cm³/mol. The number of thioether (sulfide) groups is 1. The van der Waals surface area contributed by atoms with Gasteiger partial charge in [-0.15, -0.1) is 11.8 Å². The van der Waals surface area contributed by atoms with Crippen LogP contribution in [0.15, 0.2) is 29.2 Å². The minimum atomic E-state index is -1.16. The Morgan fingerprint density at radius 1 is 0.964 bits per heavy atom. The Hall–Kier alpha value is -2.55. The van der Waals surface area contributed by atoms with Crippen molar-refractivity contribution in [2.75, 3.05) is 5.75 Å². The molecule has 1 atom stereocenters. The molecule has 28 heavy (non-hydrogen) atoms. The smallest absolute Gasteiger partial charge is 0.340 e. The molecule has 1 aromatic rings. The van der Waals surface area contributed by atoms with Crippen LogP contribution in [-0.2, 0) is 14.3 Å². The highest BCUT2D eigenvalue weighted by Crippen LogP contribution is 2.23. The number of hydrogen-bond acceptors (Lipinski definition) is 6. The summed E-state index contributed by atoms with van der Waals surface area (Å²) in [6.07, 6.45) is -1.16. The zero-order valence-corrected chi connectivity index (χ0v) is 17.5. The summed E-state index contributed by atoms with van der Waals surface area (Å²) in [6, 6.07) is 5.89. The van der Waals surface area contributed by atoms with E-state index in [1.807, 2.05) is 13.8 Å². The van der Waals surface area contributed by atoms with Crippen molar-refractivity contribution in [2.24, 2.45) is 0 Å². The maximum Gasteiger partial charge on any atom is 0.340 e. The molecule has 0 spiro atoms. The third kappa shape index (κ3) is 8.43. The van der Waals surface area contributed by atoms with Crippen LogP contribution >= 0.6 is 11.8 Å². The number of carbonyl (C=O) groups is 4. The molecule has 154 valence electrons. The van der Waals surface area contributed by atoms with Crippen LogP contribution in [0.2, 0.25) is 0 Å². The molecule has 1 rings (SSSR count). The molecule has 9 heteroatoms. The van der Waals surface area contributed by atoms with E-state index in [1.54, 1.807) is 38.1 Å². The van der Waals surface area contributed by atoms with Gasteiger partial charge in [0.2, 0.25) is 5.91 Å². The quantitative estimate of drug-likeness (QED) is 0.447. The second-order valence-corrected chi connectivity index (χ2v) is 7.69. The average Bonchev–Trinajstić information content (AvgIpc) is 2.58. The van der Waals surface area contributed by atoms with Crippen molar-refractivity contribution in [1.82, 2.24) is 16.0 Å². The number of hydrogen-bond donors (Lipinski definition) is 3. The van der Waals surface area contributed by atoms with Gasteiger partial charge in [0.1, 0.15) is 0 Å². The van der Waals surface area contributed by atoms with Gasteiger partial charge in [0, 0.05) is 17.0 Å². The van der Waals surface area contributed by atoms with Gasteiger partial charge < -0.3 is 15.4 Å². The van der Waals surface area contributed by atoms with E-state index in [-0.39, 0.29) is 29.3 Å². The van der Waals surface area contributed by atoms with Crippen molar-refractivity contribution in [3.8, 4) is 0 Å². The van der Waals surface area contributed by atoms with Crippen LogP contribution in [0.5, 0.6) is 0 Å². The van der Waals surface area contributed by atoms with Crippen molar-refractivity contribution in [1.29, 1.82) is 0 Å². The molecule has 0 aliphatic heterocycles. The lowest BCUT2D eigenvalue weighted by atomic mass is 10.2. The van der Waals surface area contributed by atoms with Gasteiger partial charge in [-0.1, -0.05) is 12.1 Å². The molecule has 0 saturated heterocycles. The minimum Gasteiger partial charge on any atom is -0.449 e. The molecule has 0 aromatic heterocycles. The molecule has 0 fully saturated rings. The van der Waals surface area contributed by atoms with Crippen molar-refractivity contribution < 1.29 is 23.9 Å². The lowest BCUT2D eigenvalue weighted by Crippen LogP contribution is -2.46. The van der Waals surface area contributed by atoms with E-state index < -0.39 is 24.0 Å². The summed E-state index contributed by atoms with van der Waals surface area (Å²) in [7, 11) is 0. The summed E-state index contributed by atoms with van der Waals surface area (Å²) in [6.45, 7) is 8.61. The maximum atomic E-state index is 12.4. The lowest BCUT2D eigenvalue weighted by Gasteiger charge is -2.15. The number of ether oxygens (including phenoxy) is 1. The monoisotopic (exact) mass is 409 g/mol. The summed E-state index contributed by atoms with van der Waals surface area (Å²) in [5.74, 6) is -1.44. The number of nitrogens with one attached hydrogen (secondary N) is 3. The fourth-order valence-corrected chi connectivity index (χ4v) is 2.91. The first-order chi connectivity index (χ1) is 13.1. The number of imide groups is 1. The van der Waals surface area contributed by atoms with Crippen LogP contribution < -0.4 is 16.0 Å². The number of urea groups is 1. The topological polar surface area (TPSA) is 114 Å². The third-order valence-electron chi connectivity index (χ3n) is 3.22. The summed E-state index contributed by atoms with van der Waals surface area (Å²) in [5.41, 5.74) is 0.246. The molecule has 1 aromatic carbocycles. The highest BCUT2D eigenvalue weighted by Gasteiger charge is 2.22. The zero-order chi connectivity index (χ0) is 21.3. The number of amides is 4. The number of esters is 1. The van der Waals surface area contributed by atoms with E-state index in [0.717, 1.165) is 0 Å². The Morgan fingerprint density at radius 2 is 1.57 bits per heavy atom. The van der Waals surface area contributed by atoms with Crippen LogP contribution in [0.1, 0.15) is 45.0 Å². The van der Waals surface area contributed by atoms with Crippen LogP contribution in [-0.4, -0.2) is 47.8 Å². The van der Waals surface area contributed by atoms with Crippen molar-refractivity contribution >= 4 is 35.6 Å². The number of carbonyl (C=O) groups excluding carboxylic acids is 4. The molecule has 0 aliphatic rings. The molecule has 0 heterocycles. The van der Waals surface area contributed by atoms with E-state index in [4.69, 9.17) is 4.74 Å². The van der Waals surface area contributed by atoms with Gasteiger partial charge in [-0.3, -0.25) is 14.9 Å².